The second-order valence-corrected chi connectivity index (χ2v) is 5.24. The lowest BCUT2D eigenvalue weighted by atomic mass is 10.1. The largest absolute Gasteiger partial charge is 0.394 e. The molecule has 0 aromatic carbocycles. The van der Waals surface area contributed by atoms with Crippen LogP contribution in [0.2, 0.25) is 0 Å². The predicted octanol–water partition coefficient (Wildman–Crippen LogP) is -2.00. The number of pyridine rings is 1. The van der Waals surface area contributed by atoms with Gasteiger partial charge in [-0.1, -0.05) is 0 Å². The molecule has 1 aliphatic heterocycles. The monoisotopic (exact) mass is 309 g/mol. The van der Waals surface area contributed by atoms with Gasteiger partial charge in [0.05, 0.1) is 12.0 Å². The van der Waals surface area contributed by atoms with Gasteiger partial charge in [0.2, 0.25) is 0 Å². The quantitative estimate of drug-likeness (QED) is 0.503. The van der Waals surface area contributed by atoms with E-state index in [0.29, 0.717) is 5.69 Å². The lowest BCUT2D eigenvalue weighted by molar-refractivity contribution is -0.0547. The topological polar surface area (TPSA) is 138 Å². The standard InChI is InChI=1S/C13H15N3O6/c1-5-2-7(18)6-3-16(13(21)15-11(6)14-5)12-10(20)9(19)8(4-17)22-12/h2-3,8-10,12,17,19-20H,4H2,1H3,(H,14,15,21)/t8-,9?,10+,12-/m1/s1. The summed E-state index contributed by atoms with van der Waals surface area (Å²) in [6.45, 7) is 1.16. The van der Waals surface area contributed by atoms with Gasteiger partial charge in [-0.05, 0) is 6.92 Å². The van der Waals surface area contributed by atoms with Crippen molar-refractivity contribution >= 4 is 11.0 Å². The fourth-order valence-electron chi connectivity index (χ4n) is 2.53. The van der Waals surface area contributed by atoms with Crippen LogP contribution < -0.4 is 11.1 Å². The van der Waals surface area contributed by atoms with Gasteiger partial charge in [0, 0.05) is 18.0 Å². The Labute approximate surface area is 123 Å². The van der Waals surface area contributed by atoms with E-state index in [0.717, 1.165) is 4.57 Å². The van der Waals surface area contributed by atoms with Crippen LogP contribution in [0.3, 0.4) is 0 Å². The van der Waals surface area contributed by atoms with E-state index in [9.17, 15) is 19.8 Å². The number of ether oxygens (including phenoxy) is 1. The summed E-state index contributed by atoms with van der Waals surface area (Å²) in [5.41, 5.74) is -0.379. The van der Waals surface area contributed by atoms with Crippen LogP contribution in [0.4, 0.5) is 0 Å². The Hall–Kier alpha value is -2.07. The van der Waals surface area contributed by atoms with E-state index < -0.39 is 36.8 Å². The number of aryl methyl sites for hydroxylation is 1. The number of aliphatic hydroxyl groups is 3. The predicted molar refractivity (Wildman–Crippen MR) is 74.4 cm³/mol. The summed E-state index contributed by atoms with van der Waals surface area (Å²) in [7, 11) is 0. The van der Waals surface area contributed by atoms with Crippen LogP contribution in [0.25, 0.3) is 11.0 Å². The number of nitrogens with zero attached hydrogens (tertiary/aromatic N) is 2. The molecule has 1 unspecified atom stereocenters. The molecule has 22 heavy (non-hydrogen) atoms. The third-order valence-corrected chi connectivity index (χ3v) is 3.67. The lowest BCUT2D eigenvalue weighted by Crippen LogP contribution is -2.36. The van der Waals surface area contributed by atoms with Crippen molar-refractivity contribution in [2.75, 3.05) is 6.61 Å². The number of nitrogens with one attached hydrogen (secondary N) is 1. The fourth-order valence-corrected chi connectivity index (χ4v) is 2.53. The molecule has 0 radical (unpaired) electrons. The summed E-state index contributed by atoms with van der Waals surface area (Å²) >= 11 is 0. The van der Waals surface area contributed by atoms with Gasteiger partial charge >= 0.3 is 5.69 Å². The van der Waals surface area contributed by atoms with Crippen LogP contribution in [0.1, 0.15) is 11.9 Å². The van der Waals surface area contributed by atoms with E-state index in [1.807, 2.05) is 0 Å². The molecule has 0 bridgehead atoms. The molecule has 1 aliphatic rings. The van der Waals surface area contributed by atoms with Crippen LogP contribution in [0.15, 0.2) is 21.9 Å². The molecule has 3 rings (SSSR count). The first-order valence-electron chi connectivity index (χ1n) is 6.67. The molecule has 0 spiro atoms. The zero-order chi connectivity index (χ0) is 16.0. The van der Waals surface area contributed by atoms with Gasteiger partial charge in [-0.3, -0.25) is 9.36 Å². The first-order valence-corrected chi connectivity index (χ1v) is 6.67. The van der Waals surface area contributed by atoms with Crippen molar-refractivity contribution in [2.45, 2.75) is 31.5 Å². The molecule has 0 saturated carbocycles. The zero-order valence-electron chi connectivity index (χ0n) is 11.6. The number of hydrogen-bond donors (Lipinski definition) is 4. The van der Waals surface area contributed by atoms with Crippen molar-refractivity contribution in [3.05, 3.63) is 38.7 Å². The molecule has 0 aliphatic carbocycles. The number of H-pyrrole nitrogens is 1. The molecule has 2 aromatic rings. The van der Waals surface area contributed by atoms with Crippen molar-refractivity contribution in [3.8, 4) is 0 Å². The smallest absolute Gasteiger partial charge is 0.351 e. The minimum Gasteiger partial charge on any atom is -0.394 e. The van der Waals surface area contributed by atoms with Crippen LogP contribution >= 0.6 is 0 Å². The van der Waals surface area contributed by atoms with Crippen LogP contribution in [0.5, 0.6) is 0 Å². The number of hydrogen-bond acceptors (Lipinski definition) is 7. The fraction of sp³-hybridized carbons (Fsp3) is 0.462. The molecule has 1 fully saturated rings. The van der Waals surface area contributed by atoms with Crippen molar-refractivity contribution in [2.24, 2.45) is 0 Å². The molecule has 4 N–H and O–H groups in total. The summed E-state index contributed by atoms with van der Waals surface area (Å²) in [5, 5.41) is 28.9. The summed E-state index contributed by atoms with van der Waals surface area (Å²) < 4.78 is 6.22. The van der Waals surface area contributed by atoms with Gasteiger partial charge in [0.1, 0.15) is 24.0 Å². The van der Waals surface area contributed by atoms with E-state index in [2.05, 4.69) is 9.97 Å². The second-order valence-electron chi connectivity index (χ2n) is 5.24. The van der Waals surface area contributed by atoms with Crippen molar-refractivity contribution in [1.29, 1.82) is 0 Å². The molecule has 0 amide bonds. The Morgan fingerprint density at radius 2 is 2.09 bits per heavy atom. The Morgan fingerprint density at radius 3 is 2.73 bits per heavy atom. The van der Waals surface area contributed by atoms with Gasteiger partial charge in [-0.15, -0.1) is 0 Å². The van der Waals surface area contributed by atoms with Crippen LogP contribution in [-0.2, 0) is 4.74 Å². The normalized spacial score (nSPS) is 28.4. The van der Waals surface area contributed by atoms with Gasteiger partial charge in [-0.25, -0.2) is 4.79 Å². The third-order valence-electron chi connectivity index (χ3n) is 3.67. The number of aliphatic hydroxyl groups excluding tert-OH is 3. The molecule has 9 nitrogen and oxygen atoms in total. The molecule has 4 atom stereocenters. The summed E-state index contributed by atoms with van der Waals surface area (Å²) in [5.74, 6) is 0. The summed E-state index contributed by atoms with van der Waals surface area (Å²) in [4.78, 5) is 30.6. The Morgan fingerprint density at radius 1 is 1.36 bits per heavy atom. The second kappa shape index (κ2) is 5.29. The minimum atomic E-state index is -1.42. The lowest BCUT2D eigenvalue weighted by Gasteiger charge is -2.17. The van der Waals surface area contributed by atoms with Gasteiger partial charge in [0.25, 0.3) is 0 Å². The summed E-state index contributed by atoms with van der Waals surface area (Å²) in [6.07, 6.45) is -3.77. The maximum absolute atomic E-state index is 12.1. The molecular formula is C13H15N3O6. The minimum absolute atomic E-state index is 0.137. The average Bonchev–Trinajstić information content (AvgIpc) is 2.74. The molecular weight excluding hydrogens is 294 g/mol. The number of aromatic amines is 1. The van der Waals surface area contributed by atoms with E-state index in [1.165, 1.54) is 12.3 Å². The van der Waals surface area contributed by atoms with Gasteiger partial charge in [-0.2, -0.15) is 4.98 Å². The maximum Gasteiger partial charge on any atom is 0.351 e. The van der Waals surface area contributed by atoms with Crippen molar-refractivity contribution in [1.82, 2.24) is 14.5 Å². The van der Waals surface area contributed by atoms with Crippen molar-refractivity contribution in [3.63, 3.8) is 0 Å². The maximum atomic E-state index is 12.1. The van der Waals surface area contributed by atoms with Gasteiger partial charge < -0.3 is 25.0 Å². The Kier molecular flexibility index (Phi) is 3.57. The van der Waals surface area contributed by atoms with E-state index >= 15 is 0 Å². The van der Waals surface area contributed by atoms with Crippen LogP contribution in [0, 0.1) is 6.92 Å². The third kappa shape index (κ3) is 2.24. The number of aromatic nitrogens is 3. The average molecular weight is 309 g/mol. The van der Waals surface area contributed by atoms with Gasteiger partial charge in [0.15, 0.2) is 11.7 Å². The van der Waals surface area contributed by atoms with Crippen LogP contribution in [-0.4, -0.2) is 54.8 Å². The Balaban J connectivity index is 2.14. The number of rotatable bonds is 2. The molecule has 118 valence electrons. The molecule has 9 heteroatoms. The highest BCUT2D eigenvalue weighted by atomic mass is 16.6. The van der Waals surface area contributed by atoms with Crippen molar-refractivity contribution < 1.29 is 20.1 Å². The first kappa shape index (κ1) is 14.9. The first-order chi connectivity index (χ1) is 10.4. The zero-order valence-corrected chi connectivity index (χ0v) is 11.6. The number of fused-ring (bicyclic) bond motifs is 1. The van der Waals surface area contributed by atoms with E-state index in [4.69, 9.17) is 9.84 Å². The van der Waals surface area contributed by atoms with E-state index in [1.54, 1.807) is 6.92 Å². The molecule has 3 heterocycles. The molecule has 2 aromatic heterocycles. The van der Waals surface area contributed by atoms with E-state index in [-0.39, 0.29) is 16.5 Å². The Bertz CT molecular complexity index is 829. The summed E-state index contributed by atoms with van der Waals surface area (Å²) in [6, 6.07) is 1.36. The highest BCUT2D eigenvalue weighted by molar-refractivity contribution is 5.73. The highest BCUT2D eigenvalue weighted by Gasteiger charge is 2.43. The SMILES string of the molecule is Cc1cc(=O)c2cn([C@@H]3O[C@H](CO)C(O)[C@@H]3O)c(=O)nc2[nH]1. The molecule has 1 saturated heterocycles. The highest BCUT2D eigenvalue weighted by Crippen LogP contribution is 2.28.